The zero-order valence-electron chi connectivity index (χ0n) is 21.9. The van der Waals surface area contributed by atoms with Gasteiger partial charge in [0, 0.05) is 24.3 Å². The highest BCUT2D eigenvalue weighted by Gasteiger charge is 2.16. The standard InChI is InChI=1S/C29H31N5O4/c1-20-8-10-23(11-9-20)34-29(36)27(26(19-31-34)38-25-14-12-24(37-4)13-15-25)32-22-7-5-6-21(18-22)28(35)30-16-17-33(2)3/h5-15,18-19,32H,16-17H2,1-4H3,(H,30,35). The molecule has 0 saturated heterocycles. The topological polar surface area (TPSA) is 97.7 Å². The van der Waals surface area contributed by atoms with Gasteiger partial charge in [-0.25, -0.2) is 0 Å². The van der Waals surface area contributed by atoms with E-state index in [2.05, 4.69) is 15.7 Å². The smallest absolute Gasteiger partial charge is 0.299 e. The van der Waals surface area contributed by atoms with Crippen molar-refractivity contribution in [1.82, 2.24) is 20.0 Å². The Kier molecular flexibility index (Phi) is 8.40. The second kappa shape index (κ2) is 12.1. The van der Waals surface area contributed by atoms with Crippen LogP contribution >= 0.6 is 0 Å². The lowest BCUT2D eigenvalue weighted by Gasteiger charge is -2.15. The van der Waals surface area contributed by atoms with Gasteiger partial charge in [0.2, 0.25) is 0 Å². The van der Waals surface area contributed by atoms with Gasteiger partial charge < -0.3 is 25.0 Å². The fourth-order valence-electron chi connectivity index (χ4n) is 3.65. The second-order valence-electron chi connectivity index (χ2n) is 8.98. The fourth-order valence-corrected chi connectivity index (χ4v) is 3.65. The molecule has 0 fully saturated rings. The first-order chi connectivity index (χ1) is 18.3. The number of carbonyl (C=O) groups excluding carboxylic acids is 1. The molecule has 9 heteroatoms. The van der Waals surface area contributed by atoms with Crippen molar-refractivity contribution in [2.45, 2.75) is 6.92 Å². The Hall–Kier alpha value is -4.63. The van der Waals surface area contributed by atoms with Crippen molar-refractivity contribution < 1.29 is 14.3 Å². The molecule has 0 bridgehead atoms. The van der Waals surface area contributed by atoms with Crippen LogP contribution in [-0.2, 0) is 0 Å². The zero-order valence-corrected chi connectivity index (χ0v) is 21.9. The van der Waals surface area contributed by atoms with Crippen molar-refractivity contribution in [3.63, 3.8) is 0 Å². The lowest BCUT2D eigenvalue weighted by Crippen LogP contribution is -2.31. The summed E-state index contributed by atoms with van der Waals surface area (Å²) in [6, 6.07) is 21.5. The Bertz CT molecular complexity index is 1450. The number of anilines is 2. The summed E-state index contributed by atoms with van der Waals surface area (Å²) in [5.74, 6) is 1.24. The Labute approximate surface area is 221 Å². The number of hydrogen-bond donors (Lipinski definition) is 2. The number of nitrogens with one attached hydrogen (secondary N) is 2. The maximum atomic E-state index is 13.6. The lowest BCUT2D eigenvalue weighted by molar-refractivity contribution is 0.0951. The maximum absolute atomic E-state index is 13.6. The van der Waals surface area contributed by atoms with Crippen LogP contribution < -0.4 is 25.7 Å². The summed E-state index contributed by atoms with van der Waals surface area (Å²) in [6.07, 6.45) is 1.49. The van der Waals surface area contributed by atoms with Crippen molar-refractivity contribution >= 4 is 17.3 Å². The van der Waals surface area contributed by atoms with E-state index >= 15 is 0 Å². The van der Waals surface area contributed by atoms with Gasteiger partial charge in [0.25, 0.3) is 11.5 Å². The van der Waals surface area contributed by atoms with Crippen molar-refractivity contribution in [2.24, 2.45) is 0 Å². The first-order valence-corrected chi connectivity index (χ1v) is 12.2. The van der Waals surface area contributed by atoms with Crippen LogP contribution in [0.3, 0.4) is 0 Å². The number of ether oxygens (including phenoxy) is 2. The molecule has 0 spiro atoms. The van der Waals surface area contributed by atoms with E-state index < -0.39 is 5.56 Å². The Morgan fingerprint density at radius 2 is 1.71 bits per heavy atom. The normalized spacial score (nSPS) is 10.8. The molecule has 1 aromatic heterocycles. The van der Waals surface area contributed by atoms with Crippen LogP contribution in [0, 0.1) is 6.92 Å². The largest absolute Gasteiger partial charge is 0.497 e. The van der Waals surface area contributed by atoms with E-state index in [9.17, 15) is 9.59 Å². The summed E-state index contributed by atoms with van der Waals surface area (Å²) in [7, 11) is 5.48. The van der Waals surface area contributed by atoms with Crippen LogP contribution in [0.2, 0.25) is 0 Å². The van der Waals surface area contributed by atoms with Crippen molar-refractivity contribution in [2.75, 3.05) is 39.6 Å². The Balaban J connectivity index is 1.68. The SMILES string of the molecule is COc1ccc(Oc2cnn(-c3ccc(C)cc3)c(=O)c2Nc2cccc(C(=O)NCCN(C)C)c2)cc1. The molecule has 1 heterocycles. The van der Waals surface area contributed by atoms with E-state index in [0.29, 0.717) is 35.0 Å². The van der Waals surface area contributed by atoms with E-state index in [-0.39, 0.29) is 17.3 Å². The van der Waals surface area contributed by atoms with Gasteiger partial charge in [-0.15, -0.1) is 0 Å². The predicted molar refractivity (Wildman–Crippen MR) is 148 cm³/mol. The quantitative estimate of drug-likeness (QED) is 0.325. The van der Waals surface area contributed by atoms with Crippen LogP contribution in [0.1, 0.15) is 15.9 Å². The van der Waals surface area contributed by atoms with Crippen LogP contribution in [0.5, 0.6) is 17.2 Å². The van der Waals surface area contributed by atoms with Crippen LogP contribution in [0.15, 0.2) is 83.8 Å². The summed E-state index contributed by atoms with van der Waals surface area (Å²) < 4.78 is 12.6. The van der Waals surface area contributed by atoms with E-state index in [1.54, 1.807) is 55.6 Å². The molecule has 4 rings (SSSR count). The number of amides is 1. The van der Waals surface area contributed by atoms with E-state index in [4.69, 9.17) is 9.47 Å². The van der Waals surface area contributed by atoms with Crippen LogP contribution in [0.4, 0.5) is 11.4 Å². The first kappa shape index (κ1) is 26.4. The number of carbonyl (C=O) groups is 1. The molecule has 0 atom stereocenters. The Morgan fingerprint density at radius 1 is 1.00 bits per heavy atom. The summed E-state index contributed by atoms with van der Waals surface area (Å²) in [6.45, 7) is 3.22. The molecule has 4 aromatic rings. The second-order valence-corrected chi connectivity index (χ2v) is 8.98. The molecular weight excluding hydrogens is 482 g/mol. The number of methoxy groups -OCH3 is 1. The third-order valence-electron chi connectivity index (χ3n) is 5.75. The molecule has 0 aliphatic rings. The predicted octanol–water partition coefficient (Wildman–Crippen LogP) is 4.38. The number of benzene rings is 3. The third-order valence-corrected chi connectivity index (χ3v) is 5.75. The minimum atomic E-state index is -0.402. The van der Waals surface area contributed by atoms with Gasteiger partial charge in [0.15, 0.2) is 11.4 Å². The molecule has 0 aliphatic heterocycles. The number of aryl methyl sites for hydroxylation is 1. The summed E-state index contributed by atoms with van der Waals surface area (Å²) in [5.41, 5.74) is 2.50. The van der Waals surface area contributed by atoms with Crippen molar-refractivity contribution in [1.29, 1.82) is 0 Å². The highest BCUT2D eigenvalue weighted by molar-refractivity contribution is 5.95. The van der Waals surface area contributed by atoms with Gasteiger partial charge in [0.05, 0.1) is 19.0 Å². The average Bonchev–Trinajstić information content (AvgIpc) is 2.92. The van der Waals surface area contributed by atoms with Crippen molar-refractivity contribution in [3.05, 3.63) is 100 Å². The molecule has 196 valence electrons. The van der Waals surface area contributed by atoms with Gasteiger partial charge in [0.1, 0.15) is 11.5 Å². The molecule has 2 N–H and O–H groups in total. The van der Waals surface area contributed by atoms with E-state index in [1.165, 1.54) is 10.9 Å². The number of likely N-dealkylation sites (N-methyl/N-ethyl adjacent to an activating group) is 1. The molecule has 38 heavy (non-hydrogen) atoms. The first-order valence-electron chi connectivity index (χ1n) is 12.2. The van der Waals surface area contributed by atoms with Gasteiger partial charge in [-0.05, 0) is 75.6 Å². The molecule has 0 aliphatic carbocycles. The highest BCUT2D eigenvalue weighted by Crippen LogP contribution is 2.30. The van der Waals surface area contributed by atoms with E-state index in [1.807, 2.05) is 50.2 Å². The zero-order chi connectivity index (χ0) is 27.1. The Morgan fingerprint density at radius 3 is 2.39 bits per heavy atom. The van der Waals surface area contributed by atoms with Gasteiger partial charge in [-0.3, -0.25) is 9.59 Å². The van der Waals surface area contributed by atoms with Gasteiger partial charge >= 0.3 is 0 Å². The van der Waals surface area contributed by atoms with Gasteiger partial charge in [-0.1, -0.05) is 23.8 Å². The van der Waals surface area contributed by atoms with Crippen molar-refractivity contribution in [3.8, 4) is 22.9 Å². The van der Waals surface area contributed by atoms with Crippen LogP contribution in [-0.4, -0.2) is 54.9 Å². The summed E-state index contributed by atoms with van der Waals surface area (Å²) in [5, 5.41) is 10.4. The number of nitrogens with zero attached hydrogens (tertiary/aromatic N) is 3. The molecule has 0 radical (unpaired) electrons. The highest BCUT2D eigenvalue weighted by atomic mass is 16.5. The minimum absolute atomic E-state index is 0.182. The number of aromatic nitrogens is 2. The van der Waals surface area contributed by atoms with Gasteiger partial charge in [-0.2, -0.15) is 9.78 Å². The fraction of sp³-hybridized carbons (Fsp3) is 0.207. The molecular formula is C29H31N5O4. The molecule has 0 saturated carbocycles. The summed E-state index contributed by atoms with van der Waals surface area (Å²) in [4.78, 5) is 28.3. The molecule has 9 nitrogen and oxygen atoms in total. The molecule has 1 amide bonds. The number of rotatable bonds is 10. The lowest BCUT2D eigenvalue weighted by atomic mass is 10.2. The summed E-state index contributed by atoms with van der Waals surface area (Å²) >= 11 is 0. The molecule has 3 aromatic carbocycles. The maximum Gasteiger partial charge on any atom is 0.299 e. The monoisotopic (exact) mass is 513 g/mol. The third kappa shape index (κ3) is 6.57. The van der Waals surface area contributed by atoms with Crippen LogP contribution in [0.25, 0.3) is 5.69 Å². The molecule has 0 unspecified atom stereocenters. The average molecular weight is 514 g/mol. The number of hydrogen-bond acceptors (Lipinski definition) is 7. The van der Waals surface area contributed by atoms with E-state index in [0.717, 1.165) is 12.1 Å². The minimum Gasteiger partial charge on any atom is -0.497 e.